The first kappa shape index (κ1) is 12.7. The third kappa shape index (κ3) is 1.81. The second-order valence-electron chi connectivity index (χ2n) is 6.09. The van der Waals surface area contributed by atoms with Crippen LogP contribution in [0.25, 0.3) is 0 Å². The van der Waals surface area contributed by atoms with E-state index >= 15 is 0 Å². The number of hydrogen-bond acceptors (Lipinski definition) is 3. The summed E-state index contributed by atoms with van der Waals surface area (Å²) in [5, 5.41) is 0. The van der Waals surface area contributed by atoms with E-state index in [1.54, 1.807) is 0 Å². The molecule has 2 atom stereocenters. The Morgan fingerprint density at radius 2 is 2.12 bits per heavy atom. The Kier molecular flexibility index (Phi) is 3.58. The van der Waals surface area contributed by atoms with Gasteiger partial charge in [-0.05, 0) is 25.2 Å². The zero-order chi connectivity index (χ0) is 11.8. The van der Waals surface area contributed by atoms with Crippen molar-refractivity contribution in [2.45, 2.75) is 51.6 Å². The molecule has 2 rings (SSSR count). The molecule has 0 aromatic heterocycles. The summed E-state index contributed by atoms with van der Waals surface area (Å²) in [6.07, 6.45) is 3.98. The molecule has 2 nitrogen and oxygen atoms in total. The van der Waals surface area contributed by atoms with Gasteiger partial charge in [0.05, 0.1) is 0 Å². The van der Waals surface area contributed by atoms with Crippen LogP contribution >= 0.6 is 11.8 Å². The van der Waals surface area contributed by atoms with Gasteiger partial charge in [0.2, 0.25) is 0 Å². The third-order valence-electron chi connectivity index (χ3n) is 4.91. The maximum Gasteiger partial charge on any atom is 0.0386 e. The van der Waals surface area contributed by atoms with E-state index in [0.29, 0.717) is 11.5 Å². The molecule has 1 aliphatic heterocycles. The lowest BCUT2D eigenvalue weighted by atomic mass is 9.73. The fourth-order valence-electron chi connectivity index (χ4n) is 3.78. The molecule has 2 aliphatic rings. The van der Waals surface area contributed by atoms with E-state index in [9.17, 15) is 0 Å². The first-order chi connectivity index (χ1) is 7.53. The van der Waals surface area contributed by atoms with Crippen LogP contribution in [0.1, 0.15) is 40.0 Å². The summed E-state index contributed by atoms with van der Waals surface area (Å²) in [6, 6.07) is 0.694. The van der Waals surface area contributed by atoms with Crippen molar-refractivity contribution >= 4 is 11.8 Å². The first-order valence-electron chi connectivity index (χ1n) is 6.58. The van der Waals surface area contributed by atoms with Crippen molar-refractivity contribution in [3.8, 4) is 0 Å². The highest BCUT2D eigenvalue weighted by Crippen LogP contribution is 2.50. The van der Waals surface area contributed by atoms with E-state index in [1.807, 2.05) is 0 Å². The summed E-state index contributed by atoms with van der Waals surface area (Å²) < 4.78 is 0. The summed E-state index contributed by atoms with van der Waals surface area (Å²) in [4.78, 5) is 2.73. The van der Waals surface area contributed by atoms with Crippen molar-refractivity contribution in [3.05, 3.63) is 0 Å². The molecule has 2 unspecified atom stereocenters. The molecule has 1 saturated carbocycles. The Bertz CT molecular complexity index is 254. The molecule has 0 bridgehead atoms. The summed E-state index contributed by atoms with van der Waals surface area (Å²) in [5.41, 5.74) is 6.85. The summed E-state index contributed by atoms with van der Waals surface area (Å²) in [5.74, 6) is 2.56. The molecule has 1 aliphatic carbocycles. The van der Waals surface area contributed by atoms with Gasteiger partial charge in [-0.25, -0.2) is 0 Å². The molecular weight excluding hydrogens is 216 g/mol. The minimum atomic E-state index is 0.271. The fourth-order valence-corrected chi connectivity index (χ4v) is 4.80. The van der Waals surface area contributed by atoms with Crippen LogP contribution in [-0.2, 0) is 0 Å². The zero-order valence-electron chi connectivity index (χ0n) is 11.0. The molecule has 1 heterocycles. The SMILES string of the molecule is CC1CSCCN1C1(CN)CCCC1(C)C. The standard InChI is InChI=1S/C13H26N2S/c1-11-9-16-8-7-15(11)13(10-14)6-4-5-12(13,2)3/h11H,4-10,14H2,1-3H3. The fraction of sp³-hybridized carbons (Fsp3) is 1.00. The highest BCUT2D eigenvalue weighted by atomic mass is 32.2. The molecule has 1 saturated heterocycles. The lowest BCUT2D eigenvalue weighted by Gasteiger charge is -2.53. The zero-order valence-corrected chi connectivity index (χ0v) is 11.8. The number of thioether (sulfide) groups is 1. The molecule has 16 heavy (non-hydrogen) atoms. The van der Waals surface area contributed by atoms with E-state index in [-0.39, 0.29) is 5.54 Å². The number of rotatable bonds is 2. The molecule has 94 valence electrons. The minimum absolute atomic E-state index is 0.271. The normalized spacial score (nSPS) is 40.1. The van der Waals surface area contributed by atoms with Crippen molar-refractivity contribution in [1.29, 1.82) is 0 Å². The topological polar surface area (TPSA) is 29.3 Å². The van der Waals surface area contributed by atoms with Crippen molar-refractivity contribution in [3.63, 3.8) is 0 Å². The van der Waals surface area contributed by atoms with Crippen LogP contribution in [0.3, 0.4) is 0 Å². The van der Waals surface area contributed by atoms with Crippen LogP contribution in [0.4, 0.5) is 0 Å². The quantitative estimate of drug-likeness (QED) is 0.806. The van der Waals surface area contributed by atoms with Crippen molar-refractivity contribution < 1.29 is 0 Å². The minimum Gasteiger partial charge on any atom is -0.329 e. The van der Waals surface area contributed by atoms with Crippen LogP contribution in [-0.4, -0.2) is 41.1 Å². The van der Waals surface area contributed by atoms with Gasteiger partial charge < -0.3 is 5.73 Å². The van der Waals surface area contributed by atoms with Gasteiger partial charge in [-0.1, -0.05) is 20.3 Å². The first-order valence-corrected chi connectivity index (χ1v) is 7.73. The highest BCUT2D eigenvalue weighted by Gasteiger charge is 2.52. The lowest BCUT2D eigenvalue weighted by molar-refractivity contribution is -0.00601. The molecule has 3 heteroatoms. The molecule has 0 spiro atoms. The Morgan fingerprint density at radius 3 is 2.62 bits per heavy atom. The summed E-state index contributed by atoms with van der Waals surface area (Å²) >= 11 is 2.09. The van der Waals surface area contributed by atoms with Crippen molar-refractivity contribution in [2.24, 2.45) is 11.1 Å². The number of nitrogens with zero attached hydrogens (tertiary/aromatic N) is 1. The monoisotopic (exact) mass is 242 g/mol. The lowest BCUT2D eigenvalue weighted by Crippen LogP contribution is -2.64. The third-order valence-corrected chi connectivity index (χ3v) is 6.10. The van der Waals surface area contributed by atoms with Crippen molar-refractivity contribution in [1.82, 2.24) is 4.90 Å². The predicted octanol–water partition coefficient (Wildman–Crippen LogP) is 2.33. The van der Waals surface area contributed by atoms with Gasteiger partial charge in [-0.15, -0.1) is 0 Å². The second kappa shape index (κ2) is 4.51. The van der Waals surface area contributed by atoms with Gasteiger partial charge >= 0.3 is 0 Å². The second-order valence-corrected chi connectivity index (χ2v) is 7.24. The Labute approximate surface area is 104 Å². The van der Waals surface area contributed by atoms with Gasteiger partial charge in [-0.3, -0.25) is 4.90 Å². The van der Waals surface area contributed by atoms with E-state index in [1.165, 1.54) is 37.3 Å². The average molecular weight is 242 g/mol. The maximum absolute atomic E-state index is 6.19. The average Bonchev–Trinajstić information content (AvgIpc) is 2.55. The predicted molar refractivity (Wildman–Crippen MR) is 72.9 cm³/mol. The van der Waals surface area contributed by atoms with Crippen molar-refractivity contribution in [2.75, 3.05) is 24.6 Å². The maximum atomic E-state index is 6.19. The van der Waals surface area contributed by atoms with Crippen LogP contribution in [0.5, 0.6) is 0 Å². The van der Waals surface area contributed by atoms with Crippen LogP contribution < -0.4 is 5.73 Å². The van der Waals surface area contributed by atoms with Crippen LogP contribution in [0.15, 0.2) is 0 Å². The smallest absolute Gasteiger partial charge is 0.0386 e. The molecular formula is C13H26N2S. The van der Waals surface area contributed by atoms with Gasteiger partial charge in [0.1, 0.15) is 0 Å². The van der Waals surface area contributed by atoms with Gasteiger partial charge in [0.15, 0.2) is 0 Å². The highest BCUT2D eigenvalue weighted by molar-refractivity contribution is 7.99. The van der Waals surface area contributed by atoms with Crippen LogP contribution in [0, 0.1) is 5.41 Å². The summed E-state index contributed by atoms with van der Waals surface area (Å²) in [7, 11) is 0. The molecule has 0 radical (unpaired) electrons. The largest absolute Gasteiger partial charge is 0.329 e. The molecule has 0 aromatic rings. The van der Waals surface area contributed by atoms with Crippen LogP contribution in [0.2, 0.25) is 0 Å². The molecule has 2 N–H and O–H groups in total. The van der Waals surface area contributed by atoms with E-state index in [4.69, 9.17) is 5.73 Å². The van der Waals surface area contributed by atoms with E-state index in [2.05, 4.69) is 37.4 Å². The molecule has 0 amide bonds. The molecule has 2 fully saturated rings. The number of nitrogens with two attached hydrogens (primary N) is 1. The van der Waals surface area contributed by atoms with E-state index in [0.717, 1.165) is 6.54 Å². The Balaban J connectivity index is 2.26. The van der Waals surface area contributed by atoms with E-state index < -0.39 is 0 Å². The molecule has 0 aromatic carbocycles. The van der Waals surface area contributed by atoms with Gasteiger partial charge in [0.25, 0.3) is 0 Å². The van der Waals surface area contributed by atoms with Gasteiger partial charge in [-0.2, -0.15) is 11.8 Å². The Hall–Kier alpha value is 0.270. The number of hydrogen-bond donors (Lipinski definition) is 1. The summed E-state index contributed by atoms with van der Waals surface area (Å²) in [6.45, 7) is 9.27. The van der Waals surface area contributed by atoms with Gasteiger partial charge in [0, 0.05) is 36.2 Å². The Morgan fingerprint density at radius 1 is 1.38 bits per heavy atom.